The zero-order chi connectivity index (χ0) is 13.7. The van der Waals surface area contributed by atoms with Gasteiger partial charge in [0.05, 0.1) is 12.1 Å². The first-order valence-corrected chi connectivity index (χ1v) is 6.55. The molecular weight excluding hydrogens is 246 g/mol. The number of phenolic OH excluding ortho intramolecular Hbond substituents is 1. The molecule has 2 atom stereocenters. The molecule has 0 spiro atoms. The molecule has 5 heteroatoms. The van der Waals surface area contributed by atoms with E-state index in [0.717, 1.165) is 25.7 Å². The van der Waals surface area contributed by atoms with Gasteiger partial charge in [0.2, 0.25) is 0 Å². The number of nitrogens with one attached hydrogen (secondary N) is 1. The lowest BCUT2D eigenvalue weighted by Crippen LogP contribution is -2.46. The summed E-state index contributed by atoms with van der Waals surface area (Å²) in [6.07, 6.45) is 3.07. The van der Waals surface area contributed by atoms with E-state index in [0.29, 0.717) is 0 Å². The number of hydrogen-bond acceptors (Lipinski definition) is 4. The number of carbonyl (C=O) groups excluding carboxylic acids is 1. The maximum absolute atomic E-state index is 11.7. The van der Waals surface area contributed by atoms with Crippen LogP contribution in [0.4, 0.5) is 0 Å². The van der Waals surface area contributed by atoms with Gasteiger partial charge in [-0.05, 0) is 25.0 Å². The molecule has 0 aromatic heterocycles. The number of phenols is 1. The Morgan fingerprint density at radius 1 is 1.32 bits per heavy atom. The average molecular weight is 265 g/mol. The van der Waals surface area contributed by atoms with E-state index in [1.54, 1.807) is 18.2 Å². The summed E-state index contributed by atoms with van der Waals surface area (Å²) in [6.45, 7) is -0.166. The second-order valence-electron chi connectivity index (χ2n) is 4.78. The number of benzene rings is 1. The van der Waals surface area contributed by atoms with Crippen LogP contribution in [0, 0.1) is 0 Å². The molecule has 19 heavy (non-hydrogen) atoms. The summed E-state index contributed by atoms with van der Waals surface area (Å²) in [5.74, 6) is 0.00375. The lowest BCUT2D eigenvalue weighted by Gasteiger charge is -2.28. The molecule has 0 heterocycles. The molecule has 1 aliphatic carbocycles. The van der Waals surface area contributed by atoms with Crippen molar-refractivity contribution in [3.63, 3.8) is 0 Å². The highest BCUT2D eigenvalue weighted by atomic mass is 16.5. The number of aliphatic hydroxyl groups excluding tert-OH is 1. The molecule has 1 aromatic rings. The van der Waals surface area contributed by atoms with Crippen molar-refractivity contribution >= 4 is 5.91 Å². The summed E-state index contributed by atoms with van der Waals surface area (Å²) in [4.78, 5) is 11.7. The lowest BCUT2D eigenvalue weighted by molar-refractivity contribution is -0.125. The predicted molar refractivity (Wildman–Crippen MR) is 70.0 cm³/mol. The summed E-state index contributed by atoms with van der Waals surface area (Å²) in [5.41, 5.74) is 0. The zero-order valence-electron chi connectivity index (χ0n) is 10.7. The Morgan fingerprint density at radius 3 is 2.79 bits per heavy atom. The Hall–Kier alpha value is -1.75. The van der Waals surface area contributed by atoms with Crippen molar-refractivity contribution < 1.29 is 19.7 Å². The molecule has 1 amide bonds. The molecule has 1 fully saturated rings. The van der Waals surface area contributed by atoms with Gasteiger partial charge in [-0.25, -0.2) is 0 Å². The quantitative estimate of drug-likeness (QED) is 0.764. The third-order valence-electron chi connectivity index (χ3n) is 3.30. The Balaban J connectivity index is 1.80. The third-order valence-corrected chi connectivity index (χ3v) is 3.30. The van der Waals surface area contributed by atoms with E-state index >= 15 is 0 Å². The van der Waals surface area contributed by atoms with E-state index in [-0.39, 0.29) is 30.1 Å². The molecule has 2 rings (SSSR count). The molecule has 104 valence electrons. The van der Waals surface area contributed by atoms with Crippen molar-refractivity contribution in [2.24, 2.45) is 0 Å². The smallest absolute Gasteiger partial charge is 0.258 e. The van der Waals surface area contributed by atoms with Gasteiger partial charge in [0.1, 0.15) is 0 Å². The molecule has 0 radical (unpaired) electrons. The summed E-state index contributed by atoms with van der Waals surface area (Å²) in [7, 11) is 0. The van der Waals surface area contributed by atoms with Gasteiger partial charge < -0.3 is 20.3 Å². The van der Waals surface area contributed by atoms with Gasteiger partial charge in [-0.15, -0.1) is 0 Å². The highest BCUT2D eigenvalue weighted by Gasteiger charge is 2.24. The van der Waals surface area contributed by atoms with Crippen molar-refractivity contribution in [3.05, 3.63) is 24.3 Å². The van der Waals surface area contributed by atoms with Gasteiger partial charge in [-0.2, -0.15) is 0 Å². The molecular formula is C14H19NO4. The van der Waals surface area contributed by atoms with Crippen LogP contribution in [-0.4, -0.2) is 34.9 Å². The SMILES string of the molecule is O=C(COc1ccccc1O)N[C@@H]1CCCC[C@H]1O. The van der Waals surface area contributed by atoms with Gasteiger partial charge in [0, 0.05) is 0 Å². The number of ether oxygens (including phenoxy) is 1. The highest BCUT2D eigenvalue weighted by molar-refractivity contribution is 5.78. The Labute approximate surface area is 112 Å². The molecule has 0 bridgehead atoms. The van der Waals surface area contributed by atoms with Crippen LogP contribution in [0.3, 0.4) is 0 Å². The van der Waals surface area contributed by atoms with Gasteiger partial charge in [0.25, 0.3) is 5.91 Å². The molecule has 5 nitrogen and oxygen atoms in total. The first-order valence-electron chi connectivity index (χ1n) is 6.55. The molecule has 0 unspecified atom stereocenters. The fourth-order valence-electron chi connectivity index (χ4n) is 2.25. The lowest BCUT2D eigenvalue weighted by atomic mass is 9.92. The van der Waals surface area contributed by atoms with Crippen LogP contribution < -0.4 is 10.1 Å². The van der Waals surface area contributed by atoms with E-state index in [1.165, 1.54) is 6.07 Å². The molecule has 1 aliphatic rings. The van der Waals surface area contributed by atoms with Crippen LogP contribution in [0.5, 0.6) is 11.5 Å². The van der Waals surface area contributed by atoms with Crippen LogP contribution in [-0.2, 0) is 4.79 Å². The number of carbonyl (C=O) groups is 1. The average Bonchev–Trinajstić information content (AvgIpc) is 2.40. The number of aliphatic hydroxyl groups is 1. The van der Waals surface area contributed by atoms with Crippen molar-refractivity contribution in [2.75, 3.05) is 6.61 Å². The monoisotopic (exact) mass is 265 g/mol. The topological polar surface area (TPSA) is 78.8 Å². The Morgan fingerprint density at radius 2 is 2.05 bits per heavy atom. The summed E-state index contributed by atoms with van der Waals surface area (Å²) in [5, 5.41) is 22.0. The second-order valence-corrected chi connectivity index (χ2v) is 4.78. The van der Waals surface area contributed by atoms with Gasteiger partial charge in [0.15, 0.2) is 18.1 Å². The van der Waals surface area contributed by atoms with Crippen LogP contribution in [0.2, 0.25) is 0 Å². The fraction of sp³-hybridized carbons (Fsp3) is 0.500. The first-order chi connectivity index (χ1) is 9.16. The van der Waals surface area contributed by atoms with Crippen LogP contribution in [0.1, 0.15) is 25.7 Å². The highest BCUT2D eigenvalue weighted by Crippen LogP contribution is 2.24. The largest absolute Gasteiger partial charge is 0.504 e. The molecule has 1 aromatic carbocycles. The first kappa shape index (κ1) is 13.7. The van der Waals surface area contributed by atoms with Gasteiger partial charge in [-0.1, -0.05) is 25.0 Å². The zero-order valence-corrected chi connectivity index (χ0v) is 10.7. The van der Waals surface area contributed by atoms with Crippen molar-refractivity contribution in [3.8, 4) is 11.5 Å². The van der Waals surface area contributed by atoms with E-state index in [1.807, 2.05) is 0 Å². The standard InChI is InChI=1S/C14H19NO4/c16-11-6-2-1-5-10(11)15-14(18)9-19-13-8-4-3-7-12(13)17/h3-4,7-8,10-11,16-17H,1-2,5-6,9H2,(H,15,18)/t10-,11-/m1/s1. The minimum atomic E-state index is -0.470. The fourth-order valence-corrected chi connectivity index (χ4v) is 2.25. The van der Waals surface area contributed by atoms with E-state index < -0.39 is 6.10 Å². The Bertz CT molecular complexity index is 435. The maximum Gasteiger partial charge on any atom is 0.258 e. The van der Waals surface area contributed by atoms with Gasteiger partial charge >= 0.3 is 0 Å². The van der Waals surface area contributed by atoms with Crippen LogP contribution in [0.15, 0.2) is 24.3 Å². The minimum Gasteiger partial charge on any atom is -0.504 e. The summed E-state index contributed by atoms with van der Waals surface area (Å²) in [6, 6.07) is 6.31. The number of para-hydroxylation sites is 2. The number of amides is 1. The normalized spacial score (nSPS) is 22.8. The second kappa shape index (κ2) is 6.43. The third kappa shape index (κ3) is 3.86. The van der Waals surface area contributed by atoms with Crippen molar-refractivity contribution in [1.82, 2.24) is 5.32 Å². The van der Waals surface area contributed by atoms with Gasteiger partial charge in [-0.3, -0.25) is 4.79 Å². The van der Waals surface area contributed by atoms with Crippen LogP contribution in [0.25, 0.3) is 0 Å². The van der Waals surface area contributed by atoms with Crippen molar-refractivity contribution in [1.29, 1.82) is 0 Å². The summed E-state index contributed by atoms with van der Waals surface area (Å²) >= 11 is 0. The maximum atomic E-state index is 11.7. The molecule has 3 N–H and O–H groups in total. The molecule has 0 aliphatic heterocycles. The molecule has 1 saturated carbocycles. The van der Waals surface area contributed by atoms with E-state index in [9.17, 15) is 15.0 Å². The number of aromatic hydroxyl groups is 1. The molecule has 0 saturated heterocycles. The number of rotatable bonds is 4. The van der Waals surface area contributed by atoms with E-state index in [4.69, 9.17) is 4.74 Å². The Kier molecular flexibility index (Phi) is 4.63. The number of hydrogen-bond donors (Lipinski definition) is 3. The minimum absolute atomic E-state index is 0.00741. The van der Waals surface area contributed by atoms with Crippen LogP contribution >= 0.6 is 0 Å². The predicted octanol–water partition coefficient (Wildman–Crippen LogP) is 1.19. The van der Waals surface area contributed by atoms with Crippen molar-refractivity contribution in [2.45, 2.75) is 37.8 Å². The summed E-state index contributed by atoms with van der Waals surface area (Å²) < 4.78 is 5.23. The van der Waals surface area contributed by atoms with E-state index in [2.05, 4.69) is 5.32 Å².